The van der Waals surface area contributed by atoms with E-state index in [1.807, 2.05) is 13.8 Å². The lowest BCUT2D eigenvalue weighted by atomic mass is 9.92. The van der Waals surface area contributed by atoms with Gasteiger partial charge in [-0.2, -0.15) is 0 Å². The topological polar surface area (TPSA) is 55.4 Å². The molecule has 2 aromatic rings. The van der Waals surface area contributed by atoms with E-state index in [-0.39, 0.29) is 5.91 Å². The number of ether oxygens (including phenoxy) is 1. The summed E-state index contributed by atoms with van der Waals surface area (Å²) in [5, 5.41) is 2.88. The summed E-state index contributed by atoms with van der Waals surface area (Å²) in [6.45, 7) is 5.50. The third-order valence-electron chi connectivity index (χ3n) is 3.82. The number of anilines is 1. The van der Waals surface area contributed by atoms with Gasteiger partial charge in [-0.1, -0.05) is 29.7 Å². The van der Waals surface area contributed by atoms with Gasteiger partial charge in [0.1, 0.15) is 7.85 Å². The second-order valence-electron chi connectivity index (χ2n) is 5.45. The number of aryl methyl sites for hydroxylation is 2. The molecule has 0 spiro atoms. The van der Waals surface area contributed by atoms with Crippen LogP contribution in [0.3, 0.4) is 0 Å². The first-order valence-corrected chi connectivity index (χ1v) is 7.21. The molecule has 0 bridgehead atoms. The summed E-state index contributed by atoms with van der Waals surface area (Å²) < 4.78 is 4.77. The molecule has 0 aliphatic carbocycles. The van der Waals surface area contributed by atoms with Crippen LogP contribution in [0.15, 0.2) is 30.3 Å². The second kappa shape index (κ2) is 6.69. The van der Waals surface area contributed by atoms with Gasteiger partial charge in [0.2, 0.25) is 0 Å². The number of carbonyl (C=O) groups excluding carboxylic acids is 2. The standard InChI is InChI=1S/C18H18BNO3/c1-10-5-7-13(19)9-15(10)17(21)20-16-11(2)6-8-14(12(16)3)18(22)23-4/h5-9H,1-4H3,(H,20,21). The first-order chi connectivity index (χ1) is 10.8. The molecule has 0 atom stereocenters. The van der Waals surface area contributed by atoms with Gasteiger partial charge >= 0.3 is 5.97 Å². The molecule has 116 valence electrons. The molecule has 2 aromatic carbocycles. The quantitative estimate of drug-likeness (QED) is 0.700. The molecular formula is C18H18BNO3. The van der Waals surface area contributed by atoms with E-state index in [9.17, 15) is 9.59 Å². The molecule has 0 aliphatic heterocycles. The lowest BCUT2D eigenvalue weighted by molar-refractivity contribution is 0.0599. The number of carbonyl (C=O) groups is 2. The van der Waals surface area contributed by atoms with Crippen LogP contribution < -0.4 is 10.8 Å². The summed E-state index contributed by atoms with van der Waals surface area (Å²) in [4.78, 5) is 24.4. The Bertz CT molecular complexity index is 784. The van der Waals surface area contributed by atoms with Crippen LogP contribution in [0.25, 0.3) is 0 Å². The van der Waals surface area contributed by atoms with Crippen LogP contribution in [0.2, 0.25) is 0 Å². The van der Waals surface area contributed by atoms with Crippen LogP contribution in [0.4, 0.5) is 5.69 Å². The minimum Gasteiger partial charge on any atom is -0.465 e. The van der Waals surface area contributed by atoms with E-state index < -0.39 is 5.97 Å². The van der Waals surface area contributed by atoms with E-state index in [4.69, 9.17) is 12.6 Å². The number of hydrogen-bond donors (Lipinski definition) is 1. The number of nitrogens with one attached hydrogen (secondary N) is 1. The second-order valence-corrected chi connectivity index (χ2v) is 5.45. The largest absolute Gasteiger partial charge is 0.465 e. The summed E-state index contributed by atoms with van der Waals surface area (Å²) >= 11 is 0. The fraction of sp³-hybridized carbons (Fsp3) is 0.222. The summed E-state index contributed by atoms with van der Waals surface area (Å²) in [6, 6.07) is 8.66. The highest BCUT2D eigenvalue weighted by Crippen LogP contribution is 2.25. The van der Waals surface area contributed by atoms with Gasteiger partial charge in [0, 0.05) is 11.3 Å². The van der Waals surface area contributed by atoms with Gasteiger partial charge in [-0.25, -0.2) is 4.79 Å². The molecule has 1 N–H and O–H groups in total. The van der Waals surface area contributed by atoms with Gasteiger partial charge in [0.05, 0.1) is 12.7 Å². The van der Waals surface area contributed by atoms with Gasteiger partial charge in [-0.05, 0) is 43.5 Å². The number of methoxy groups -OCH3 is 1. The number of hydrogen-bond acceptors (Lipinski definition) is 3. The predicted molar refractivity (Wildman–Crippen MR) is 91.8 cm³/mol. The first kappa shape index (κ1) is 16.8. The fourth-order valence-electron chi connectivity index (χ4n) is 2.44. The molecule has 0 fully saturated rings. The van der Waals surface area contributed by atoms with E-state index in [2.05, 4.69) is 5.32 Å². The van der Waals surface area contributed by atoms with Crippen LogP contribution in [-0.2, 0) is 4.74 Å². The predicted octanol–water partition coefficient (Wildman–Crippen LogP) is 2.44. The molecule has 1 amide bonds. The van der Waals surface area contributed by atoms with E-state index in [0.717, 1.165) is 11.1 Å². The first-order valence-electron chi connectivity index (χ1n) is 7.21. The van der Waals surface area contributed by atoms with Crippen molar-refractivity contribution in [2.75, 3.05) is 12.4 Å². The number of amides is 1. The van der Waals surface area contributed by atoms with Crippen LogP contribution in [-0.4, -0.2) is 26.8 Å². The Hall–Kier alpha value is -2.56. The molecule has 0 saturated heterocycles. The summed E-state index contributed by atoms with van der Waals surface area (Å²) in [5.74, 6) is -0.693. The Morgan fingerprint density at radius 2 is 1.65 bits per heavy atom. The van der Waals surface area contributed by atoms with Crippen molar-refractivity contribution in [2.24, 2.45) is 0 Å². The third-order valence-corrected chi connectivity index (χ3v) is 3.82. The maximum absolute atomic E-state index is 12.6. The Labute approximate surface area is 137 Å². The molecule has 0 unspecified atom stereocenters. The molecule has 0 aromatic heterocycles. The van der Waals surface area contributed by atoms with Gasteiger partial charge < -0.3 is 10.1 Å². The molecule has 0 aliphatic rings. The minimum absolute atomic E-state index is 0.261. The Morgan fingerprint density at radius 3 is 2.30 bits per heavy atom. The molecule has 23 heavy (non-hydrogen) atoms. The summed E-state index contributed by atoms with van der Waals surface area (Å²) in [7, 11) is 7.09. The third kappa shape index (κ3) is 3.45. The molecule has 4 nitrogen and oxygen atoms in total. The average Bonchev–Trinajstić information content (AvgIpc) is 2.52. The van der Waals surface area contributed by atoms with Crippen molar-refractivity contribution in [3.63, 3.8) is 0 Å². The Balaban J connectivity index is 2.41. The van der Waals surface area contributed by atoms with Crippen molar-refractivity contribution in [1.29, 1.82) is 0 Å². The normalized spacial score (nSPS) is 10.3. The summed E-state index contributed by atoms with van der Waals surface area (Å²) in [6.07, 6.45) is 0. The van der Waals surface area contributed by atoms with Crippen molar-refractivity contribution in [3.05, 3.63) is 58.1 Å². The van der Waals surface area contributed by atoms with Gasteiger partial charge in [-0.3, -0.25) is 4.79 Å². The molecule has 0 saturated carbocycles. The molecule has 5 heteroatoms. The van der Waals surface area contributed by atoms with Crippen molar-refractivity contribution < 1.29 is 14.3 Å². The number of benzene rings is 2. The zero-order valence-electron chi connectivity index (χ0n) is 13.7. The van der Waals surface area contributed by atoms with E-state index in [0.29, 0.717) is 27.8 Å². The molecular weight excluding hydrogens is 289 g/mol. The average molecular weight is 307 g/mol. The summed E-state index contributed by atoms with van der Waals surface area (Å²) in [5.41, 5.74) is 4.44. The van der Waals surface area contributed by atoms with Crippen LogP contribution in [0.5, 0.6) is 0 Å². The van der Waals surface area contributed by atoms with Crippen molar-refractivity contribution in [2.45, 2.75) is 20.8 Å². The fourth-order valence-corrected chi connectivity index (χ4v) is 2.44. The van der Waals surface area contributed by atoms with Crippen LogP contribution in [0, 0.1) is 20.8 Å². The maximum atomic E-state index is 12.6. The maximum Gasteiger partial charge on any atom is 0.338 e. The Morgan fingerprint density at radius 1 is 1.00 bits per heavy atom. The highest BCUT2D eigenvalue weighted by Gasteiger charge is 2.17. The lowest BCUT2D eigenvalue weighted by Crippen LogP contribution is -2.18. The minimum atomic E-state index is -0.432. The smallest absolute Gasteiger partial charge is 0.338 e. The lowest BCUT2D eigenvalue weighted by Gasteiger charge is -2.15. The van der Waals surface area contributed by atoms with E-state index >= 15 is 0 Å². The number of rotatable bonds is 3. The number of esters is 1. The highest BCUT2D eigenvalue weighted by atomic mass is 16.5. The zero-order chi connectivity index (χ0) is 17.1. The molecule has 0 heterocycles. The van der Waals surface area contributed by atoms with Gasteiger partial charge in [0.15, 0.2) is 0 Å². The van der Waals surface area contributed by atoms with E-state index in [1.54, 1.807) is 37.3 Å². The van der Waals surface area contributed by atoms with Crippen molar-refractivity contribution in [1.82, 2.24) is 0 Å². The SMILES string of the molecule is [B]c1ccc(C)c(C(=O)Nc2c(C)ccc(C(=O)OC)c2C)c1. The zero-order valence-corrected chi connectivity index (χ0v) is 13.7. The van der Waals surface area contributed by atoms with Crippen molar-refractivity contribution in [3.8, 4) is 0 Å². The highest BCUT2D eigenvalue weighted by molar-refractivity contribution is 6.32. The Kier molecular flexibility index (Phi) is 4.89. The molecule has 2 rings (SSSR count). The van der Waals surface area contributed by atoms with Crippen molar-refractivity contribution >= 4 is 30.9 Å². The van der Waals surface area contributed by atoms with Gasteiger partial charge in [-0.15, -0.1) is 0 Å². The van der Waals surface area contributed by atoms with Gasteiger partial charge in [0.25, 0.3) is 5.91 Å². The van der Waals surface area contributed by atoms with Crippen LogP contribution in [0.1, 0.15) is 37.4 Å². The monoisotopic (exact) mass is 307 g/mol. The van der Waals surface area contributed by atoms with Crippen LogP contribution >= 0.6 is 0 Å². The molecule has 2 radical (unpaired) electrons. The van der Waals surface area contributed by atoms with E-state index in [1.165, 1.54) is 7.11 Å².